The highest BCUT2D eigenvalue weighted by Crippen LogP contribution is 2.65. The zero-order valence-corrected chi connectivity index (χ0v) is 27.5. The average molecular weight is 744 g/mol. The molecule has 0 aliphatic heterocycles. The minimum atomic E-state index is -4.17. The van der Waals surface area contributed by atoms with Crippen LogP contribution in [0.1, 0.15) is 113 Å². The lowest BCUT2D eigenvalue weighted by molar-refractivity contribution is 0.660. The molecule has 0 heterocycles. The summed E-state index contributed by atoms with van der Waals surface area (Å²) in [5.41, 5.74) is -30.3. The molecule has 0 aromatic heterocycles. The van der Waals surface area contributed by atoms with Gasteiger partial charge in [-0.05, 0) is 110 Å². The third-order valence-corrected chi connectivity index (χ3v) is 9.82. The Morgan fingerprint density at radius 1 is 0.436 bits per heavy atom. The van der Waals surface area contributed by atoms with Crippen molar-refractivity contribution in [1.82, 2.24) is 0 Å². The van der Waals surface area contributed by atoms with Crippen LogP contribution >= 0.6 is 0 Å². The molecule has 262 valence electrons. The first-order valence-electron chi connectivity index (χ1n) is 36.2. The first-order valence-corrected chi connectivity index (χ1v) is 16.2. The number of rotatable bonds is 4. The van der Waals surface area contributed by atoms with Crippen LogP contribution in [0.2, 0.25) is 0 Å². The van der Waals surface area contributed by atoms with E-state index < -0.39 is 314 Å². The molecule has 0 amide bonds. The summed E-state index contributed by atoms with van der Waals surface area (Å²) in [6.45, 7) is -16.1. The lowest BCUT2D eigenvalue weighted by atomic mass is 9.70. The summed E-state index contributed by atoms with van der Waals surface area (Å²) in [4.78, 5) is 0.226. The lowest BCUT2D eigenvalue weighted by Gasteiger charge is -2.33. The summed E-state index contributed by atoms with van der Waals surface area (Å²) >= 11 is 0. The largest absolute Gasteiger partial charge is 0.309 e. The molecule has 8 aromatic carbocycles. The minimum Gasteiger partial charge on any atom is -0.309 e. The SMILES string of the molecule is [2H]c1cc(N(c2c([2H])c(C([2H])([2H])[2H])c([2H])c3c2-c2c([2H])c([2H])c(C([2H])([2H])[2H])c([2H])c2C32c3c([2H])c([2H])c([2H])c([2H])c3-c3c([2H])c([2H])c([2H])c([2H])c32)c2c([2H])c([2H])c([2H])c3c2-c2c([2H])c([2H])c([2H])c([2H])c2C3(C([2H])([2H])[2H])C([2H])([2H])[2H])c([2H])c([2H])c1-c1c([2H])c([2H])c([2H])c([2H])c1[2H]. The fourth-order valence-corrected chi connectivity index (χ4v) is 7.71. The van der Waals surface area contributed by atoms with Crippen molar-refractivity contribution >= 4 is 17.1 Å². The van der Waals surface area contributed by atoms with Gasteiger partial charge in [-0.2, -0.15) is 0 Å². The van der Waals surface area contributed by atoms with Gasteiger partial charge in [0.15, 0.2) is 0 Å². The summed E-state index contributed by atoms with van der Waals surface area (Å²) in [5, 5.41) is 0. The Kier molecular flexibility index (Phi) is 2.37. The zero-order chi connectivity index (χ0) is 71.4. The van der Waals surface area contributed by atoms with Crippen LogP contribution in [-0.4, -0.2) is 0 Å². The van der Waals surface area contributed by atoms with Gasteiger partial charge >= 0.3 is 0 Å². The molecule has 1 nitrogen and oxygen atoms in total. The van der Waals surface area contributed by atoms with Crippen LogP contribution in [0, 0.1) is 13.7 Å². The van der Waals surface area contributed by atoms with Crippen LogP contribution < -0.4 is 4.90 Å². The third kappa shape index (κ3) is 4.30. The van der Waals surface area contributed by atoms with Gasteiger partial charge in [0.1, 0.15) is 0 Å². The molecule has 0 N–H and O–H groups in total. The molecular formula is C54H41N. The fraction of sp³-hybridized carbons (Fsp3) is 0.111. The molecular weight excluding hydrogens is 663 g/mol. The molecule has 1 spiro atoms. The third-order valence-electron chi connectivity index (χ3n) is 9.82. The van der Waals surface area contributed by atoms with Crippen LogP contribution in [0.3, 0.4) is 0 Å². The van der Waals surface area contributed by atoms with Crippen molar-refractivity contribution in [3.05, 3.63) is 220 Å². The number of nitrogens with zero attached hydrogens (tertiary/aromatic N) is 1. The molecule has 55 heavy (non-hydrogen) atoms. The van der Waals surface area contributed by atoms with Crippen molar-refractivity contribution in [2.24, 2.45) is 0 Å². The molecule has 1 heteroatoms. The van der Waals surface area contributed by atoms with E-state index in [-0.39, 0.29) is 4.90 Å². The highest BCUT2D eigenvalue weighted by molar-refractivity contribution is 6.04. The molecule has 0 atom stereocenters. The second-order valence-electron chi connectivity index (χ2n) is 12.6. The maximum atomic E-state index is 10.4. The lowest BCUT2D eigenvalue weighted by Crippen LogP contribution is -2.26. The first-order chi connectivity index (χ1) is 43.5. The van der Waals surface area contributed by atoms with Gasteiger partial charge in [-0.3, -0.25) is 0 Å². The molecule has 0 saturated carbocycles. The summed E-state index contributed by atoms with van der Waals surface area (Å²) < 4.78 is 372. The molecule has 8 aromatic rings. The van der Waals surface area contributed by atoms with E-state index in [1.54, 1.807) is 0 Å². The Morgan fingerprint density at radius 2 is 1.05 bits per heavy atom. The Bertz CT molecular complexity index is 4820. The molecule has 3 aliphatic rings. The molecule has 0 bridgehead atoms. The second-order valence-corrected chi connectivity index (χ2v) is 12.6. The van der Waals surface area contributed by atoms with E-state index in [9.17, 15) is 27.4 Å². The van der Waals surface area contributed by atoms with Crippen molar-refractivity contribution in [3.63, 3.8) is 0 Å². The van der Waals surface area contributed by atoms with Gasteiger partial charge in [0.2, 0.25) is 0 Å². The van der Waals surface area contributed by atoms with E-state index in [2.05, 4.69) is 0 Å². The summed E-state index contributed by atoms with van der Waals surface area (Å²) in [6.07, 6.45) is 0. The smallest absolute Gasteiger partial charge is 0.0726 e. The maximum Gasteiger partial charge on any atom is 0.0726 e. The predicted octanol–water partition coefficient (Wildman–Crippen LogP) is 14.1. The van der Waals surface area contributed by atoms with Gasteiger partial charge in [0.05, 0.1) is 55.2 Å². The van der Waals surface area contributed by atoms with Crippen LogP contribution in [0.15, 0.2) is 175 Å². The average Bonchev–Trinajstić information content (AvgIpc) is 1.48. The minimum absolute atomic E-state index is 0.226. The summed E-state index contributed by atoms with van der Waals surface area (Å²) in [7, 11) is 0. The van der Waals surface area contributed by atoms with Crippen molar-refractivity contribution in [2.45, 2.75) is 38.2 Å². The quantitative estimate of drug-likeness (QED) is 0.173. The van der Waals surface area contributed by atoms with Crippen LogP contribution in [0.4, 0.5) is 17.1 Å². The predicted molar refractivity (Wildman–Crippen MR) is 230 cm³/mol. The van der Waals surface area contributed by atoms with Gasteiger partial charge in [-0.15, -0.1) is 0 Å². The van der Waals surface area contributed by atoms with Crippen LogP contribution in [-0.2, 0) is 10.8 Å². The fourth-order valence-electron chi connectivity index (χ4n) is 7.71. The van der Waals surface area contributed by atoms with E-state index in [1.165, 1.54) is 0 Å². The number of benzene rings is 8. The van der Waals surface area contributed by atoms with Gasteiger partial charge in [0, 0.05) is 38.7 Å². The normalized spacial score (nSPS) is 25.7. The molecule has 0 unspecified atom stereocenters. The van der Waals surface area contributed by atoms with Gasteiger partial charge < -0.3 is 4.90 Å². The van der Waals surface area contributed by atoms with Gasteiger partial charge in [0.25, 0.3) is 0 Å². The molecule has 0 saturated heterocycles. The standard InChI is InChI=1S/C54H41N/c1-34-25-30-42-47(31-34)54(44-21-12-8-17-39(44)40-18-9-13-22-45(40)54)48-32-35(2)33-50(52(42)48)55(38-28-26-37(27-29-38)36-15-6-5-7-16-36)49-24-14-23-46-51(49)41-19-10-11-20-43(41)53(46,3)4/h5-33H,1-4H3/i1D3,2D3,3D3,4D3,5D,6D,7D,8D,9D,10D,11D,12D,13D,14D,15D,16D,17D,18D,19D,20D,21D,22D,23D,24D,25D,26D,27D,28D,30D,31D,32D,33D. The van der Waals surface area contributed by atoms with E-state index in [4.69, 9.17) is 27.4 Å². The van der Waals surface area contributed by atoms with Crippen molar-refractivity contribution in [1.29, 1.82) is 0 Å². The van der Waals surface area contributed by atoms with Crippen molar-refractivity contribution < 1.29 is 54.8 Å². The van der Waals surface area contributed by atoms with E-state index >= 15 is 0 Å². The molecule has 0 fully saturated rings. The molecule has 0 radical (unpaired) electrons. The Labute approximate surface area is 380 Å². The number of hydrogen-bond acceptors (Lipinski definition) is 1. The topological polar surface area (TPSA) is 3.24 Å². The number of anilines is 3. The maximum absolute atomic E-state index is 10.4. The van der Waals surface area contributed by atoms with Gasteiger partial charge in [-0.1, -0.05) is 170 Å². The van der Waals surface area contributed by atoms with E-state index in [0.29, 0.717) is 6.07 Å². The Balaban J connectivity index is 1.56. The van der Waals surface area contributed by atoms with E-state index in [0.717, 1.165) is 0 Å². The highest BCUT2D eigenvalue weighted by Gasteiger charge is 2.53. The highest BCUT2D eigenvalue weighted by atomic mass is 15.1. The first kappa shape index (κ1) is 11.3. The van der Waals surface area contributed by atoms with Crippen LogP contribution in [0.5, 0.6) is 0 Å². The van der Waals surface area contributed by atoms with Gasteiger partial charge in [-0.25, -0.2) is 0 Å². The van der Waals surface area contributed by atoms with Crippen molar-refractivity contribution in [2.75, 3.05) is 4.90 Å². The Morgan fingerprint density at radius 3 is 1.80 bits per heavy atom. The zero-order valence-electron chi connectivity index (χ0n) is 67.5. The Hall–Kier alpha value is -6.44. The number of hydrogen-bond donors (Lipinski definition) is 0. The summed E-state index contributed by atoms with van der Waals surface area (Å²) in [6, 6.07) is -35.6. The second kappa shape index (κ2) is 11.5. The number of fused-ring (bicyclic) bond motifs is 13. The monoisotopic (exact) mass is 744 g/mol. The van der Waals surface area contributed by atoms with Crippen LogP contribution in [0.25, 0.3) is 44.5 Å². The molecule has 11 rings (SSSR count). The summed E-state index contributed by atoms with van der Waals surface area (Å²) in [5.74, 6) is 0. The van der Waals surface area contributed by atoms with Crippen molar-refractivity contribution in [3.8, 4) is 44.5 Å². The van der Waals surface area contributed by atoms with E-state index in [1.807, 2.05) is 0 Å². The molecule has 3 aliphatic carbocycles.